The molecule has 0 fully saturated rings. The number of carbonyl (C=O) groups is 1. The maximum atomic E-state index is 10.6. The van der Waals surface area contributed by atoms with Gasteiger partial charge < -0.3 is 15.3 Å². The number of phenolic OH excluding ortho intramolecular Hbond substituents is 1. The van der Waals surface area contributed by atoms with Crippen molar-refractivity contribution in [2.75, 3.05) is 6.61 Å². The number of phenols is 1. The van der Waals surface area contributed by atoms with Gasteiger partial charge in [-0.05, 0) is 80.1 Å². The Labute approximate surface area is 181 Å². The van der Waals surface area contributed by atoms with Gasteiger partial charge in [-0.1, -0.05) is 56.0 Å². The van der Waals surface area contributed by atoms with Crippen LogP contribution in [0.25, 0.3) is 0 Å². The molecule has 0 saturated heterocycles. The highest BCUT2D eigenvalue weighted by Gasteiger charge is 2.14. The first-order valence-corrected chi connectivity index (χ1v) is 11.5. The Morgan fingerprint density at radius 3 is 2.57 bits per heavy atom. The maximum Gasteiger partial charge on any atom is 0.303 e. The third kappa shape index (κ3) is 10.1. The molecule has 0 saturated carbocycles. The minimum atomic E-state index is -0.749. The van der Waals surface area contributed by atoms with Gasteiger partial charge >= 0.3 is 5.97 Å². The third-order valence-electron chi connectivity index (χ3n) is 6.07. The molecule has 4 heteroatoms. The highest BCUT2D eigenvalue weighted by molar-refractivity contribution is 5.66. The van der Waals surface area contributed by atoms with E-state index in [1.54, 1.807) is 12.1 Å². The summed E-state index contributed by atoms with van der Waals surface area (Å²) in [4.78, 5) is 10.6. The van der Waals surface area contributed by atoms with Crippen molar-refractivity contribution in [2.45, 2.75) is 77.0 Å². The molecule has 3 N–H and O–H groups in total. The molecule has 30 heavy (non-hydrogen) atoms. The largest absolute Gasteiger partial charge is 0.508 e. The van der Waals surface area contributed by atoms with E-state index in [1.807, 2.05) is 18.2 Å². The molecule has 1 aromatic rings. The molecule has 2 rings (SSSR count). The molecule has 0 amide bonds. The number of benzene rings is 1. The Kier molecular flexibility index (Phi) is 11.3. The summed E-state index contributed by atoms with van der Waals surface area (Å²) in [6.45, 7) is 0.226. The van der Waals surface area contributed by atoms with Crippen molar-refractivity contribution < 1.29 is 20.1 Å². The smallest absolute Gasteiger partial charge is 0.303 e. The van der Waals surface area contributed by atoms with Gasteiger partial charge in [0.25, 0.3) is 0 Å². The van der Waals surface area contributed by atoms with Crippen LogP contribution < -0.4 is 0 Å². The summed E-state index contributed by atoms with van der Waals surface area (Å²) in [5.41, 5.74) is 2.46. The molecule has 0 bridgehead atoms. The average Bonchev–Trinajstić information content (AvgIpc) is 3.19. The third-order valence-corrected chi connectivity index (χ3v) is 6.07. The number of hydrogen-bond donors (Lipinski definition) is 3. The molecular weight excluding hydrogens is 376 g/mol. The second-order valence-corrected chi connectivity index (χ2v) is 8.65. The van der Waals surface area contributed by atoms with Crippen LogP contribution in [0.3, 0.4) is 0 Å². The van der Waals surface area contributed by atoms with Gasteiger partial charge in [-0.2, -0.15) is 0 Å². The zero-order valence-electron chi connectivity index (χ0n) is 18.1. The molecule has 166 valence electrons. The van der Waals surface area contributed by atoms with Crippen LogP contribution in [0.4, 0.5) is 0 Å². The lowest BCUT2D eigenvalue weighted by molar-refractivity contribution is -0.136. The monoisotopic (exact) mass is 414 g/mol. The van der Waals surface area contributed by atoms with E-state index in [9.17, 15) is 15.0 Å². The molecule has 2 atom stereocenters. The number of aliphatic hydroxyl groups is 1. The van der Waals surface area contributed by atoms with Crippen molar-refractivity contribution in [2.24, 2.45) is 11.8 Å². The molecule has 1 aliphatic rings. The normalized spacial score (nSPS) is 17.4. The lowest BCUT2D eigenvalue weighted by atomic mass is 9.90. The summed E-state index contributed by atoms with van der Waals surface area (Å²) in [6, 6.07) is 7.47. The molecule has 0 heterocycles. The van der Waals surface area contributed by atoms with Gasteiger partial charge in [-0.3, -0.25) is 4.79 Å². The summed E-state index contributed by atoms with van der Waals surface area (Å²) >= 11 is 0. The number of aliphatic carboxylic acids is 1. The van der Waals surface area contributed by atoms with Gasteiger partial charge in [0.15, 0.2) is 0 Å². The predicted octanol–water partition coefficient (Wildman–Crippen LogP) is 6.03. The van der Waals surface area contributed by atoms with Crippen LogP contribution in [0.2, 0.25) is 0 Å². The molecule has 0 unspecified atom stereocenters. The standard InChI is InChI=1S/C26H38O4/c27-20-24-13-12-22(19-24)10-5-2-1-4-8-21(9-6-3-7-11-26(29)30)18-23-14-16-25(28)17-15-23/h3,6,14-17,19,21-22,27-28H,1-2,4-5,7-13,18,20H2,(H,29,30)/t21-,22+/m0/s1. The van der Waals surface area contributed by atoms with Crippen molar-refractivity contribution >= 4 is 5.97 Å². The van der Waals surface area contributed by atoms with E-state index in [1.165, 1.54) is 56.1 Å². The summed E-state index contributed by atoms with van der Waals surface area (Å²) in [5.74, 6) is 0.763. The van der Waals surface area contributed by atoms with Crippen LogP contribution in [-0.4, -0.2) is 27.9 Å². The van der Waals surface area contributed by atoms with Crippen LogP contribution in [0.15, 0.2) is 48.1 Å². The fourth-order valence-electron chi connectivity index (χ4n) is 4.31. The lowest BCUT2D eigenvalue weighted by Gasteiger charge is -2.16. The molecule has 0 aromatic heterocycles. The van der Waals surface area contributed by atoms with Crippen molar-refractivity contribution in [1.29, 1.82) is 0 Å². The first-order valence-electron chi connectivity index (χ1n) is 11.5. The zero-order chi connectivity index (χ0) is 21.6. The number of carboxylic acid groups (broad SMARTS) is 1. The number of carboxylic acids is 1. The van der Waals surface area contributed by atoms with Gasteiger partial charge in [0, 0.05) is 6.42 Å². The quantitative estimate of drug-likeness (QED) is 0.242. The van der Waals surface area contributed by atoms with E-state index >= 15 is 0 Å². The molecular formula is C26H38O4. The number of hydrogen-bond acceptors (Lipinski definition) is 3. The number of unbranched alkanes of at least 4 members (excludes halogenated alkanes) is 3. The first-order chi connectivity index (χ1) is 14.6. The van der Waals surface area contributed by atoms with E-state index in [0.29, 0.717) is 24.0 Å². The summed E-state index contributed by atoms with van der Waals surface area (Å²) < 4.78 is 0. The molecule has 4 nitrogen and oxygen atoms in total. The number of rotatable bonds is 15. The Hall–Kier alpha value is -2.07. The van der Waals surface area contributed by atoms with Crippen LogP contribution in [0.5, 0.6) is 5.75 Å². The average molecular weight is 415 g/mol. The maximum absolute atomic E-state index is 10.6. The van der Waals surface area contributed by atoms with Crippen LogP contribution in [-0.2, 0) is 11.2 Å². The SMILES string of the molecule is O=C(O)CCC=CC[C@H](CCCCCC[C@H]1C=C(CO)CC1)Cc1ccc(O)cc1. The summed E-state index contributed by atoms with van der Waals surface area (Å²) in [7, 11) is 0. The molecule has 0 spiro atoms. The Morgan fingerprint density at radius 1 is 1.10 bits per heavy atom. The topological polar surface area (TPSA) is 77.8 Å². The predicted molar refractivity (Wildman–Crippen MR) is 122 cm³/mol. The molecule has 1 aliphatic carbocycles. The zero-order valence-corrected chi connectivity index (χ0v) is 18.1. The van der Waals surface area contributed by atoms with Crippen LogP contribution >= 0.6 is 0 Å². The van der Waals surface area contributed by atoms with Crippen LogP contribution in [0.1, 0.15) is 76.2 Å². The number of aromatic hydroxyl groups is 1. The van der Waals surface area contributed by atoms with Gasteiger partial charge in [-0.15, -0.1) is 0 Å². The highest BCUT2D eigenvalue weighted by atomic mass is 16.4. The number of aliphatic hydroxyl groups excluding tert-OH is 1. The van der Waals surface area contributed by atoms with Crippen LogP contribution in [0, 0.1) is 11.8 Å². The number of allylic oxidation sites excluding steroid dienone is 3. The van der Waals surface area contributed by atoms with Crippen molar-refractivity contribution in [3.8, 4) is 5.75 Å². The van der Waals surface area contributed by atoms with E-state index < -0.39 is 5.97 Å². The van der Waals surface area contributed by atoms with E-state index in [2.05, 4.69) is 12.2 Å². The van der Waals surface area contributed by atoms with Gasteiger partial charge in [0.2, 0.25) is 0 Å². The van der Waals surface area contributed by atoms with E-state index in [-0.39, 0.29) is 13.0 Å². The highest BCUT2D eigenvalue weighted by Crippen LogP contribution is 2.28. The Morgan fingerprint density at radius 2 is 1.87 bits per heavy atom. The van der Waals surface area contributed by atoms with Gasteiger partial charge in [-0.25, -0.2) is 0 Å². The molecule has 0 radical (unpaired) electrons. The minimum Gasteiger partial charge on any atom is -0.508 e. The minimum absolute atomic E-state index is 0.190. The van der Waals surface area contributed by atoms with E-state index in [4.69, 9.17) is 5.11 Å². The van der Waals surface area contributed by atoms with Gasteiger partial charge in [0.05, 0.1) is 6.61 Å². The molecule has 1 aromatic carbocycles. The molecule has 0 aliphatic heterocycles. The van der Waals surface area contributed by atoms with E-state index in [0.717, 1.165) is 19.3 Å². The van der Waals surface area contributed by atoms with Crippen molar-refractivity contribution in [3.05, 3.63) is 53.6 Å². The first kappa shape index (κ1) is 24.2. The fourth-order valence-corrected chi connectivity index (χ4v) is 4.31. The lowest BCUT2D eigenvalue weighted by Crippen LogP contribution is -2.04. The summed E-state index contributed by atoms with van der Waals surface area (Å²) in [5, 5.41) is 27.4. The second-order valence-electron chi connectivity index (χ2n) is 8.65. The van der Waals surface area contributed by atoms with Crippen molar-refractivity contribution in [3.63, 3.8) is 0 Å². The van der Waals surface area contributed by atoms with Crippen molar-refractivity contribution in [1.82, 2.24) is 0 Å². The fraction of sp³-hybridized carbons (Fsp3) is 0.577. The second kappa shape index (κ2) is 14.0. The Balaban J connectivity index is 1.69. The summed E-state index contributed by atoms with van der Waals surface area (Å²) in [6.07, 6.45) is 18.8. The van der Waals surface area contributed by atoms with Gasteiger partial charge in [0.1, 0.15) is 5.75 Å². The Bertz CT molecular complexity index is 675.